The van der Waals surface area contributed by atoms with Gasteiger partial charge in [-0.1, -0.05) is 24.3 Å². The molecule has 4 rings (SSSR count). The molecule has 0 radical (unpaired) electrons. The number of nitrogens with one attached hydrogen (secondary N) is 2. The van der Waals surface area contributed by atoms with E-state index < -0.39 is 0 Å². The Bertz CT molecular complexity index is 1080. The summed E-state index contributed by atoms with van der Waals surface area (Å²) in [5.41, 5.74) is 2.84. The van der Waals surface area contributed by atoms with Crippen molar-refractivity contribution in [3.8, 4) is 0 Å². The molecule has 1 unspecified atom stereocenters. The SMILES string of the molecule is CSc1ccc(CC2(CCC(=O)NCc3ccc4ncccc4c3)CCC(=O)N2)cc1. The zero-order valence-corrected chi connectivity index (χ0v) is 18.5. The summed E-state index contributed by atoms with van der Waals surface area (Å²) in [5, 5.41) is 7.25. The van der Waals surface area contributed by atoms with Gasteiger partial charge >= 0.3 is 0 Å². The van der Waals surface area contributed by atoms with Gasteiger partial charge in [0.05, 0.1) is 5.52 Å². The van der Waals surface area contributed by atoms with Gasteiger partial charge < -0.3 is 10.6 Å². The van der Waals surface area contributed by atoms with Crippen LogP contribution in [0.25, 0.3) is 10.9 Å². The van der Waals surface area contributed by atoms with Crippen LogP contribution in [0, 0.1) is 0 Å². The van der Waals surface area contributed by atoms with Gasteiger partial charge in [-0.05, 0) is 67.0 Å². The van der Waals surface area contributed by atoms with Gasteiger partial charge in [0.25, 0.3) is 0 Å². The van der Waals surface area contributed by atoms with Gasteiger partial charge in [-0.25, -0.2) is 0 Å². The fourth-order valence-corrected chi connectivity index (χ4v) is 4.60. The van der Waals surface area contributed by atoms with Crippen molar-refractivity contribution in [2.24, 2.45) is 0 Å². The summed E-state index contributed by atoms with van der Waals surface area (Å²) in [4.78, 5) is 30.1. The molecular weight excluding hydrogens is 406 g/mol. The first-order valence-electron chi connectivity index (χ1n) is 10.6. The van der Waals surface area contributed by atoms with Crippen LogP contribution in [0.15, 0.2) is 65.7 Å². The summed E-state index contributed by atoms with van der Waals surface area (Å²) < 4.78 is 0. The zero-order chi connectivity index (χ0) is 21.7. The van der Waals surface area contributed by atoms with Crippen molar-refractivity contribution in [2.75, 3.05) is 6.26 Å². The lowest BCUT2D eigenvalue weighted by atomic mass is 9.85. The summed E-state index contributed by atoms with van der Waals surface area (Å²) in [5.74, 6) is 0.0791. The van der Waals surface area contributed by atoms with E-state index in [1.807, 2.05) is 24.3 Å². The quantitative estimate of drug-likeness (QED) is 0.521. The number of pyridine rings is 1. The van der Waals surface area contributed by atoms with Crippen molar-refractivity contribution >= 4 is 34.5 Å². The van der Waals surface area contributed by atoms with Crippen LogP contribution in [0.2, 0.25) is 0 Å². The minimum atomic E-state index is -0.343. The smallest absolute Gasteiger partial charge is 0.220 e. The van der Waals surface area contributed by atoms with Crippen molar-refractivity contribution in [3.63, 3.8) is 0 Å². The minimum Gasteiger partial charge on any atom is -0.352 e. The highest BCUT2D eigenvalue weighted by molar-refractivity contribution is 7.98. The molecule has 1 aliphatic rings. The first-order chi connectivity index (χ1) is 15.0. The van der Waals surface area contributed by atoms with Gasteiger partial charge in [0.1, 0.15) is 0 Å². The Morgan fingerprint density at radius 1 is 1.16 bits per heavy atom. The van der Waals surface area contributed by atoms with Crippen molar-refractivity contribution in [1.82, 2.24) is 15.6 Å². The summed E-state index contributed by atoms with van der Waals surface area (Å²) in [6, 6.07) is 18.4. The fraction of sp³-hybridized carbons (Fsp3) is 0.320. The Morgan fingerprint density at radius 2 is 1.97 bits per heavy atom. The Labute approximate surface area is 187 Å². The van der Waals surface area contributed by atoms with Gasteiger partial charge in [0.2, 0.25) is 11.8 Å². The lowest BCUT2D eigenvalue weighted by molar-refractivity contribution is -0.122. The minimum absolute atomic E-state index is 0.00420. The van der Waals surface area contributed by atoms with E-state index in [1.54, 1.807) is 18.0 Å². The van der Waals surface area contributed by atoms with Gasteiger partial charge in [-0.2, -0.15) is 0 Å². The molecule has 31 heavy (non-hydrogen) atoms. The van der Waals surface area contributed by atoms with E-state index in [0.29, 0.717) is 25.8 Å². The van der Waals surface area contributed by atoms with E-state index in [1.165, 1.54) is 10.5 Å². The largest absolute Gasteiger partial charge is 0.352 e. The van der Waals surface area contributed by atoms with E-state index in [-0.39, 0.29) is 17.4 Å². The van der Waals surface area contributed by atoms with Gasteiger partial charge in [-0.3, -0.25) is 14.6 Å². The van der Waals surface area contributed by atoms with E-state index in [2.05, 4.69) is 52.2 Å². The van der Waals surface area contributed by atoms with Crippen molar-refractivity contribution in [2.45, 2.75) is 49.1 Å². The van der Waals surface area contributed by atoms with Crippen LogP contribution in [0.3, 0.4) is 0 Å². The van der Waals surface area contributed by atoms with Crippen LogP contribution < -0.4 is 10.6 Å². The third-order valence-electron chi connectivity index (χ3n) is 5.92. The Balaban J connectivity index is 1.35. The standard InChI is InChI=1S/C25H27N3O2S/c1-31-21-7-4-18(5-8-21)16-25(13-11-24(30)28-25)12-10-23(29)27-17-19-6-9-22-20(15-19)3-2-14-26-22/h2-9,14-15H,10-13,16-17H2,1H3,(H,27,29)(H,28,30). The van der Waals surface area contributed by atoms with Crippen LogP contribution in [0.1, 0.15) is 36.8 Å². The van der Waals surface area contributed by atoms with E-state index in [0.717, 1.165) is 29.3 Å². The normalized spacial score (nSPS) is 18.2. The van der Waals surface area contributed by atoms with E-state index in [9.17, 15) is 9.59 Å². The first-order valence-corrected chi connectivity index (χ1v) is 11.8. The number of fused-ring (bicyclic) bond motifs is 1. The highest BCUT2D eigenvalue weighted by Crippen LogP contribution is 2.30. The van der Waals surface area contributed by atoms with Crippen molar-refractivity contribution < 1.29 is 9.59 Å². The Morgan fingerprint density at radius 3 is 2.71 bits per heavy atom. The molecule has 0 saturated carbocycles. The molecule has 2 aromatic carbocycles. The van der Waals surface area contributed by atoms with Crippen molar-refractivity contribution in [1.29, 1.82) is 0 Å². The molecule has 160 valence electrons. The van der Waals surface area contributed by atoms with Gasteiger partial charge in [0, 0.05) is 41.4 Å². The monoisotopic (exact) mass is 433 g/mol. The average molecular weight is 434 g/mol. The van der Waals surface area contributed by atoms with Gasteiger partial charge in [0.15, 0.2) is 0 Å². The van der Waals surface area contributed by atoms with E-state index >= 15 is 0 Å². The molecule has 0 spiro atoms. The molecule has 2 heterocycles. The highest BCUT2D eigenvalue weighted by Gasteiger charge is 2.37. The summed E-state index contributed by atoms with van der Waals surface area (Å²) in [6.07, 6.45) is 6.89. The molecule has 0 aliphatic carbocycles. The number of hydrogen-bond donors (Lipinski definition) is 2. The number of benzene rings is 2. The Hall–Kier alpha value is -2.86. The van der Waals surface area contributed by atoms with Crippen LogP contribution >= 0.6 is 11.8 Å². The number of thioether (sulfide) groups is 1. The zero-order valence-electron chi connectivity index (χ0n) is 17.7. The molecule has 1 aliphatic heterocycles. The van der Waals surface area contributed by atoms with E-state index in [4.69, 9.17) is 0 Å². The predicted molar refractivity (Wildman–Crippen MR) is 125 cm³/mol. The molecule has 1 saturated heterocycles. The van der Waals surface area contributed by atoms with Crippen LogP contribution in [-0.2, 0) is 22.6 Å². The molecule has 6 heteroatoms. The summed E-state index contributed by atoms with van der Waals surface area (Å²) >= 11 is 1.71. The molecule has 1 atom stereocenters. The maximum absolute atomic E-state index is 12.6. The second kappa shape index (κ2) is 9.52. The number of hydrogen-bond acceptors (Lipinski definition) is 4. The summed E-state index contributed by atoms with van der Waals surface area (Å²) in [7, 11) is 0. The molecule has 5 nitrogen and oxygen atoms in total. The van der Waals surface area contributed by atoms with Gasteiger partial charge in [-0.15, -0.1) is 11.8 Å². The second-order valence-corrected chi connectivity index (χ2v) is 9.04. The van der Waals surface area contributed by atoms with Crippen LogP contribution in [-0.4, -0.2) is 28.6 Å². The number of rotatable bonds is 8. The molecule has 1 fully saturated rings. The molecule has 2 N–H and O–H groups in total. The first kappa shape index (κ1) is 21.4. The third-order valence-corrected chi connectivity index (χ3v) is 6.67. The average Bonchev–Trinajstić information content (AvgIpc) is 3.17. The molecule has 1 aromatic heterocycles. The topological polar surface area (TPSA) is 71.1 Å². The van der Waals surface area contributed by atoms with Crippen LogP contribution in [0.4, 0.5) is 0 Å². The number of nitrogens with zero attached hydrogens (tertiary/aromatic N) is 1. The molecular formula is C25H27N3O2S. The fourth-order valence-electron chi connectivity index (χ4n) is 4.19. The number of carbonyl (C=O) groups is 2. The maximum atomic E-state index is 12.6. The lowest BCUT2D eigenvalue weighted by Gasteiger charge is -2.29. The molecule has 3 aromatic rings. The maximum Gasteiger partial charge on any atom is 0.220 e. The van der Waals surface area contributed by atoms with Crippen molar-refractivity contribution in [3.05, 3.63) is 71.9 Å². The number of carbonyl (C=O) groups excluding carboxylic acids is 2. The predicted octanol–water partition coefficient (Wildman–Crippen LogP) is 4.24. The highest BCUT2D eigenvalue weighted by atomic mass is 32.2. The summed E-state index contributed by atoms with van der Waals surface area (Å²) in [6.45, 7) is 0.485. The number of amides is 2. The molecule has 2 amide bonds. The Kier molecular flexibility index (Phi) is 6.56. The lowest BCUT2D eigenvalue weighted by Crippen LogP contribution is -2.44. The second-order valence-electron chi connectivity index (χ2n) is 8.16. The third kappa shape index (κ3) is 5.44. The molecule has 0 bridgehead atoms. The van der Waals surface area contributed by atoms with Crippen LogP contribution in [0.5, 0.6) is 0 Å². The number of aromatic nitrogens is 1.